The van der Waals surface area contributed by atoms with Crippen LogP contribution >= 0.6 is 11.6 Å². The monoisotopic (exact) mass is 324 g/mol. The molecule has 0 spiro atoms. The number of halogens is 4. The van der Waals surface area contributed by atoms with Crippen molar-refractivity contribution in [3.05, 3.63) is 34.9 Å². The van der Waals surface area contributed by atoms with E-state index < -0.39 is 18.8 Å². The second kappa shape index (κ2) is 8.09. The number of benzene rings is 1. The lowest BCUT2D eigenvalue weighted by Crippen LogP contribution is -2.44. The van der Waals surface area contributed by atoms with Crippen LogP contribution in [0.5, 0.6) is 0 Å². The molecule has 0 aromatic heterocycles. The van der Waals surface area contributed by atoms with Crippen LogP contribution in [0, 0.1) is 0 Å². The number of hydrogen-bond donors (Lipinski definition) is 1. The maximum atomic E-state index is 12.1. The molecule has 0 atom stereocenters. The van der Waals surface area contributed by atoms with Gasteiger partial charge in [0.1, 0.15) is 6.54 Å². The molecule has 1 rings (SSSR count). The average molecular weight is 325 g/mol. The van der Waals surface area contributed by atoms with Crippen molar-refractivity contribution in [1.29, 1.82) is 0 Å². The molecule has 0 bridgehead atoms. The van der Waals surface area contributed by atoms with Gasteiger partial charge in [0.15, 0.2) is 0 Å². The van der Waals surface area contributed by atoms with Gasteiger partial charge < -0.3 is 15.0 Å². The molecule has 1 N–H and O–H groups in total. The minimum Gasteiger partial charge on any atom is -0.383 e. The minimum absolute atomic E-state index is 0.104. The molecule has 0 saturated carbocycles. The van der Waals surface area contributed by atoms with E-state index in [4.69, 9.17) is 16.3 Å². The summed E-state index contributed by atoms with van der Waals surface area (Å²) in [6, 6.07) is 6.01. The van der Waals surface area contributed by atoms with Crippen LogP contribution in [-0.4, -0.2) is 43.9 Å². The van der Waals surface area contributed by atoms with Crippen LogP contribution in [-0.2, 0) is 11.3 Å². The number of methoxy groups -OCH3 is 1. The fourth-order valence-corrected chi connectivity index (χ4v) is 1.77. The van der Waals surface area contributed by atoms with Gasteiger partial charge in [-0.2, -0.15) is 13.2 Å². The third-order valence-corrected chi connectivity index (χ3v) is 2.98. The lowest BCUT2D eigenvalue weighted by Gasteiger charge is -2.23. The summed E-state index contributed by atoms with van der Waals surface area (Å²) in [4.78, 5) is 13.0. The Labute approximate surface area is 125 Å². The third kappa shape index (κ3) is 6.68. The van der Waals surface area contributed by atoms with Gasteiger partial charge in [-0.1, -0.05) is 29.8 Å². The van der Waals surface area contributed by atoms with Crippen molar-refractivity contribution in [2.75, 3.05) is 26.8 Å². The van der Waals surface area contributed by atoms with Crippen molar-refractivity contribution in [1.82, 2.24) is 10.2 Å². The molecule has 0 radical (unpaired) electrons. The summed E-state index contributed by atoms with van der Waals surface area (Å²) in [5.41, 5.74) is 0.650. The summed E-state index contributed by atoms with van der Waals surface area (Å²) in [5, 5.41) is 2.28. The van der Waals surface area contributed by atoms with Crippen molar-refractivity contribution < 1.29 is 22.7 Å². The van der Waals surface area contributed by atoms with Crippen LogP contribution in [0.2, 0.25) is 5.02 Å². The summed E-state index contributed by atoms with van der Waals surface area (Å²) in [5.74, 6) is 0. The summed E-state index contributed by atoms with van der Waals surface area (Å²) in [7, 11) is 1.45. The Kier molecular flexibility index (Phi) is 6.77. The van der Waals surface area contributed by atoms with E-state index in [0.717, 1.165) is 0 Å². The first kappa shape index (κ1) is 17.6. The zero-order chi connectivity index (χ0) is 15.9. The van der Waals surface area contributed by atoms with Crippen molar-refractivity contribution in [2.24, 2.45) is 0 Å². The minimum atomic E-state index is -4.45. The second-order valence-corrected chi connectivity index (χ2v) is 4.69. The number of urea groups is 1. The van der Waals surface area contributed by atoms with Crippen LogP contribution in [0.4, 0.5) is 18.0 Å². The van der Waals surface area contributed by atoms with E-state index in [2.05, 4.69) is 0 Å². The predicted octanol–water partition coefficient (Wildman–Crippen LogP) is 3.06. The number of nitrogens with one attached hydrogen (secondary N) is 1. The average Bonchev–Trinajstić information content (AvgIpc) is 2.42. The van der Waals surface area contributed by atoms with Crippen LogP contribution in [0.1, 0.15) is 5.56 Å². The number of hydrogen-bond acceptors (Lipinski definition) is 2. The molecule has 0 fully saturated rings. The first-order chi connectivity index (χ1) is 9.83. The van der Waals surface area contributed by atoms with Crippen LogP contribution in [0.25, 0.3) is 0 Å². The van der Waals surface area contributed by atoms with E-state index in [0.29, 0.717) is 10.6 Å². The standard InChI is InChI=1S/C13H16ClF3N2O2/c1-21-7-6-19(12(20)18-9-13(15,16)17)8-10-4-2-3-5-11(10)14/h2-5H,6-9H2,1H3,(H,18,20). The maximum absolute atomic E-state index is 12.1. The highest BCUT2D eigenvalue weighted by Crippen LogP contribution is 2.17. The van der Waals surface area contributed by atoms with Crippen molar-refractivity contribution in [2.45, 2.75) is 12.7 Å². The zero-order valence-electron chi connectivity index (χ0n) is 11.4. The smallest absolute Gasteiger partial charge is 0.383 e. The molecular formula is C13H16ClF3N2O2. The zero-order valence-corrected chi connectivity index (χ0v) is 12.2. The highest BCUT2D eigenvalue weighted by Gasteiger charge is 2.28. The fraction of sp³-hybridized carbons (Fsp3) is 0.462. The van der Waals surface area contributed by atoms with Crippen molar-refractivity contribution >= 4 is 17.6 Å². The Morgan fingerprint density at radius 2 is 2.05 bits per heavy atom. The summed E-state index contributed by atoms with van der Waals surface area (Å²) in [6.07, 6.45) is -4.45. The number of nitrogens with zero attached hydrogens (tertiary/aromatic N) is 1. The highest BCUT2D eigenvalue weighted by atomic mass is 35.5. The maximum Gasteiger partial charge on any atom is 0.405 e. The van der Waals surface area contributed by atoms with Crippen LogP contribution in [0.15, 0.2) is 24.3 Å². The SMILES string of the molecule is COCCN(Cc1ccccc1Cl)C(=O)NCC(F)(F)F. The lowest BCUT2D eigenvalue weighted by atomic mass is 10.2. The molecule has 21 heavy (non-hydrogen) atoms. The van der Waals surface area contributed by atoms with Gasteiger partial charge >= 0.3 is 12.2 Å². The van der Waals surface area contributed by atoms with Gasteiger partial charge in [0.25, 0.3) is 0 Å². The van der Waals surface area contributed by atoms with Crippen LogP contribution in [0.3, 0.4) is 0 Å². The third-order valence-electron chi connectivity index (χ3n) is 2.61. The number of amides is 2. The molecule has 0 unspecified atom stereocenters. The summed E-state index contributed by atoms with van der Waals surface area (Å²) >= 11 is 5.99. The van der Waals surface area contributed by atoms with Gasteiger partial charge in [0, 0.05) is 25.2 Å². The quantitative estimate of drug-likeness (QED) is 0.874. The Morgan fingerprint density at radius 1 is 1.38 bits per heavy atom. The van der Waals surface area contributed by atoms with Crippen molar-refractivity contribution in [3.8, 4) is 0 Å². The van der Waals surface area contributed by atoms with Gasteiger partial charge in [-0.25, -0.2) is 4.79 Å². The molecule has 0 heterocycles. The molecule has 8 heteroatoms. The van der Waals surface area contributed by atoms with Gasteiger partial charge in [-0.3, -0.25) is 0 Å². The Hall–Kier alpha value is -1.47. The Bertz CT molecular complexity index is 469. The van der Waals surface area contributed by atoms with E-state index in [1.165, 1.54) is 12.0 Å². The van der Waals surface area contributed by atoms with Gasteiger partial charge in [-0.05, 0) is 11.6 Å². The Balaban J connectivity index is 2.71. The van der Waals surface area contributed by atoms with E-state index in [1.807, 2.05) is 5.32 Å². The van der Waals surface area contributed by atoms with Crippen LogP contribution < -0.4 is 5.32 Å². The summed E-state index contributed by atoms with van der Waals surface area (Å²) in [6.45, 7) is -0.903. The number of rotatable bonds is 6. The molecule has 2 amide bonds. The summed E-state index contributed by atoms with van der Waals surface area (Å²) < 4.78 is 41.3. The van der Waals surface area contributed by atoms with Gasteiger partial charge in [0.2, 0.25) is 0 Å². The van der Waals surface area contributed by atoms with Gasteiger partial charge in [-0.15, -0.1) is 0 Å². The molecular weight excluding hydrogens is 309 g/mol. The number of ether oxygens (including phenoxy) is 1. The number of carbonyl (C=O) groups is 1. The molecule has 1 aromatic rings. The van der Waals surface area contributed by atoms with E-state index >= 15 is 0 Å². The van der Waals surface area contributed by atoms with Gasteiger partial charge in [0.05, 0.1) is 6.61 Å². The highest BCUT2D eigenvalue weighted by molar-refractivity contribution is 6.31. The molecule has 0 aliphatic heterocycles. The van der Waals surface area contributed by atoms with E-state index in [-0.39, 0.29) is 19.7 Å². The van der Waals surface area contributed by atoms with E-state index in [1.54, 1.807) is 24.3 Å². The normalized spacial score (nSPS) is 11.3. The van der Waals surface area contributed by atoms with Crippen molar-refractivity contribution in [3.63, 3.8) is 0 Å². The second-order valence-electron chi connectivity index (χ2n) is 4.28. The number of carbonyl (C=O) groups excluding carboxylic acids is 1. The largest absolute Gasteiger partial charge is 0.405 e. The topological polar surface area (TPSA) is 41.6 Å². The molecule has 0 aliphatic rings. The fourth-order valence-electron chi connectivity index (χ4n) is 1.57. The molecule has 1 aromatic carbocycles. The number of alkyl halides is 3. The van der Waals surface area contributed by atoms with E-state index in [9.17, 15) is 18.0 Å². The first-order valence-corrected chi connectivity index (χ1v) is 6.53. The predicted molar refractivity (Wildman–Crippen MR) is 73.2 cm³/mol. The first-order valence-electron chi connectivity index (χ1n) is 6.15. The lowest BCUT2D eigenvalue weighted by molar-refractivity contribution is -0.123. The molecule has 4 nitrogen and oxygen atoms in total. The molecule has 118 valence electrons. The Morgan fingerprint density at radius 3 is 2.62 bits per heavy atom. The molecule has 0 aliphatic carbocycles. The molecule has 0 saturated heterocycles.